The van der Waals surface area contributed by atoms with Crippen LogP contribution in [-0.2, 0) is 24.3 Å². The van der Waals surface area contributed by atoms with Crippen LogP contribution in [0.1, 0.15) is 66.5 Å². The van der Waals surface area contributed by atoms with E-state index in [9.17, 15) is 22.8 Å². The Labute approximate surface area is 180 Å². The second-order valence-corrected chi connectivity index (χ2v) is 11.5. The molecule has 0 radical (unpaired) electrons. The van der Waals surface area contributed by atoms with Gasteiger partial charge in [0.25, 0.3) is 0 Å². The molecule has 0 unspecified atom stereocenters. The summed E-state index contributed by atoms with van der Waals surface area (Å²) in [6.07, 6.45) is 2.08. The number of thiophene rings is 1. The van der Waals surface area contributed by atoms with Gasteiger partial charge in [-0.1, -0.05) is 0 Å². The summed E-state index contributed by atoms with van der Waals surface area (Å²) >= 11 is 0.983. The van der Waals surface area contributed by atoms with E-state index in [1.54, 1.807) is 20.8 Å². The van der Waals surface area contributed by atoms with Crippen molar-refractivity contribution in [3.05, 3.63) is 15.8 Å². The van der Waals surface area contributed by atoms with Crippen molar-refractivity contribution in [2.75, 3.05) is 19.5 Å². The van der Waals surface area contributed by atoms with E-state index >= 15 is 0 Å². The van der Waals surface area contributed by atoms with Gasteiger partial charge in [-0.3, -0.25) is 4.79 Å². The third-order valence-electron chi connectivity index (χ3n) is 5.04. The minimum absolute atomic E-state index is 0.0330. The van der Waals surface area contributed by atoms with Gasteiger partial charge in [0.05, 0.1) is 24.7 Å². The number of esters is 2. The average molecular weight is 461 g/mol. The highest BCUT2D eigenvalue weighted by atomic mass is 32.2. The number of ether oxygens (including phenoxy) is 2. The van der Waals surface area contributed by atoms with E-state index in [4.69, 9.17) is 4.74 Å². The molecule has 9 nitrogen and oxygen atoms in total. The fraction of sp³-hybridized carbons (Fsp3) is 0.632. The largest absolute Gasteiger partial charge is 0.465 e. The first kappa shape index (κ1) is 24.3. The summed E-state index contributed by atoms with van der Waals surface area (Å²) in [5.41, 5.74) is 0.169. The molecule has 0 bridgehead atoms. The average Bonchev–Trinajstić information content (AvgIpc) is 3.09. The molecular weight excluding hydrogens is 432 g/mol. The van der Waals surface area contributed by atoms with E-state index in [2.05, 4.69) is 14.8 Å². The number of carbonyl (C=O) groups excluding carboxylic acids is 3. The summed E-state index contributed by atoms with van der Waals surface area (Å²) < 4.78 is 35.9. The number of nitrogens with one attached hydrogen (secondary N) is 2. The first-order chi connectivity index (χ1) is 13.9. The van der Waals surface area contributed by atoms with Crippen LogP contribution in [0, 0.1) is 5.92 Å². The maximum absolute atomic E-state index is 12.7. The number of methoxy groups -OCH3 is 2. The number of sulfonamides is 1. The summed E-state index contributed by atoms with van der Waals surface area (Å²) in [6, 6.07) is -0.212. The molecule has 1 aromatic rings. The molecule has 1 amide bonds. The zero-order chi connectivity index (χ0) is 22.7. The van der Waals surface area contributed by atoms with Crippen molar-refractivity contribution in [2.24, 2.45) is 5.92 Å². The van der Waals surface area contributed by atoms with Gasteiger partial charge in [-0.25, -0.2) is 22.7 Å². The monoisotopic (exact) mass is 460 g/mol. The lowest BCUT2D eigenvalue weighted by Crippen LogP contribution is -2.46. The minimum Gasteiger partial charge on any atom is -0.465 e. The number of rotatable bonds is 6. The summed E-state index contributed by atoms with van der Waals surface area (Å²) in [4.78, 5) is 36.8. The van der Waals surface area contributed by atoms with E-state index in [0.29, 0.717) is 25.7 Å². The van der Waals surface area contributed by atoms with Crippen LogP contribution in [0.3, 0.4) is 0 Å². The summed E-state index contributed by atoms with van der Waals surface area (Å²) in [7, 11) is -1.06. The molecule has 0 spiro atoms. The van der Waals surface area contributed by atoms with Crippen molar-refractivity contribution in [3.8, 4) is 0 Å². The molecule has 0 atom stereocenters. The van der Waals surface area contributed by atoms with Crippen molar-refractivity contribution in [3.63, 3.8) is 0 Å². The maximum atomic E-state index is 12.7. The normalized spacial score (nSPS) is 19.8. The topological polar surface area (TPSA) is 128 Å². The molecule has 0 aromatic carbocycles. The molecule has 1 heterocycles. The fourth-order valence-electron chi connectivity index (χ4n) is 3.10. The van der Waals surface area contributed by atoms with Crippen molar-refractivity contribution in [2.45, 2.75) is 57.2 Å². The van der Waals surface area contributed by atoms with Crippen LogP contribution in [-0.4, -0.2) is 51.3 Å². The summed E-state index contributed by atoms with van der Waals surface area (Å²) in [5.74, 6) is -2.04. The maximum Gasteiger partial charge on any atom is 0.349 e. The Hall–Kier alpha value is -1.98. The smallest absolute Gasteiger partial charge is 0.349 e. The summed E-state index contributed by atoms with van der Waals surface area (Å²) in [5, 5.41) is 4.21. The second kappa shape index (κ2) is 9.44. The molecule has 11 heteroatoms. The quantitative estimate of drug-likeness (QED) is 0.624. The first-order valence-corrected chi connectivity index (χ1v) is 11.9. The number of carbonyl (C=O) groups is 3. The standard InChI is InChI=1S/C19H28N2O7S2/c1-19(2,3)30(25,26)21-12-8-6-11(7-9-12)16(22)20-13-10-29-15(18(24)28-5)14(13)17(23)27-4/h10-12,21H,6-9H2,1-5H3,(H,20,22). The third kappa shape index (κ3) is 5.38. The Morgan fingerprint density at radius 3 is 2.10 bits per heavy atom. The van der Waals surface area contributed by atoms with Crippen LogP contribution >= 0.6 is 11.3 Å². The number of hydrogen-bond donors (Lipinski definition) is 2. The van der Waals surface area contributed by atoms with Gasteiger partial charge < -0.3 is 14.8 Å². The molecule has 0 saturated heterocycles. The van der Waals surface area contributed by atoms with Gasteiger partial charge in [-0.05, 0) is 46.5 Å². The molecule has 0 aliphatic heterocycles. The molecule has 30 heavy (non-hydrogen) atoms. The molecule has 1 aromatic heterocycles. The lowest BCUT2D eigenvalue weighted by molar-refractivity contribution is -0.120. The third-order valence-corrected chi connectivity index (χ3v) is 8.25. The van der Waals surface area contributed by atoms with Crippen LogP contribution in [0.5, 0.6) is 0 Å². The highest BCUT2D eigenvalue weighted by molar-refractivity contribution is 7.90. The zero-order valence-electron chi connectivity index (χ0n) is 17.7. The van der Waals surface area contributed by atoms with Crippen molar-refractivity contribution < 1.29 is 32.3 Å². The molecular formula is C19H28N2O7S2. The van der Waals surface area contributed by atoms with E-state index in [0.717, 1.165) is 11.3 Å². The van der Waals surface area contributed by atoms with E-state index in [-0.39, 0.29) is 34.0 Å². The molecule has 2 N–H and O–H groups in total. The van der Waals surface area contributed by atoms with Crippen molar-refractivity contribution >= 4 is 44.9 Å². The van der Waals surface area contributed by atoms with Crippen LogP contribution in [0.4, 0.5) is 5.69 Å². The van der Waals surface area contributed by atoms with Crippen molar-refractivity contribution in [1.82, 2.24) is 4.72 Å². The van der Waals surface area contributed by atoms with E-state index < -0.39 is 26.7 Å². The predicted octanol–water partition coefficient (Wildman–Crippen LogP) is 2.54. The Bertz CT molecular complexity index is 908. The molecule has 1 fully saturated rings. The van der Waals surface area contributed by atoms with E-state index in [1.165, 1.54) is 19.6 Å². The van der Waals surface area contributed by atoms with Gasteiger partial charge in [0.1, 0.15) is 10.4 Å². The number of hydrogen-bond acceptors (Lipinski definition) is 8. The highest BCUT2D eigenvalue weighted by Gasteiger charge is 2.34. The van der Waals surface area contributed by atoms with Crippen molar-refractivity contribution in [1.29, 1.82) is 0 Å². The first-order valence-electron chi connectivity index (χ1n) is 9.52. The highest BCUT2D eigenvalue weighted by Crippen LogP contribution is 2.32. The molecule has 2 rings (SSSR count). The van der Waals surface area contributed by atoms with Gasteiger partial charge in [0.2, 0.25) is 15.9 Å². The minimum atomic E-state index is -3.45. The van der Waals surface area contributed by atoms with Gasteiger partial charge in [0.15, 0.2) is 0 Å². The predicted molar refractivity (Wildman–Crippen MR) is 113 cm³/mol. The molecule has 1 aliphatic carbocycles. The molecule has 1 saturated carbocycles. The molecule has 168 valence electrons. The Morgan fingerprint density at radius 2 is 1.60 bits per heavy atom. The number of amides is 1. The zero-order valence-corrected chi connectivity index (χ0v) is 19.4. The van der Waals surface area contributed by atoms with Gasteiger partial charge in [0, 0.05) is 17.3 Å². The lowest BCUT2D eigenvalue weighted by atomic mass is 9.86. The second-order valence-electron chi connectivity index (χ2n) is 8.11. The summed E-state index contributed by atoms with van der Waals surface area (Å²) in [6.45, 7) is 4.91. The van der Waals surface area contributed by atoms with Gasteiger partial charge in [-0.15, -0.1) is 11.3 Å². The van der Waals surface area contributed by atoms with Gasteiger partial charge >= 0.3 is 11.9 Å². The Morgan fingerprint density at radius 1 is 1.03 bits per heavy atom. The van der Waals surface area contributed by atoms with Crippen LogP contribution in [0.2, 0.25) is 0 Å². The van der Waals surface area contributed by atoms with Crippen LogP contribution in [0.25, 0.3) is 0 Å². The SMILES string of the molecule is COC(=O)c1scc(NC(=O)C2CCC(NS(=O)(=O)C(C)(C)C)CC2)c1C(=O)OC. The number of anilines is 1. The van der Waals surface area contributed by atoms with E-state index in [1.807, 2.05) is 0 Å². The Kier molecular flexibility index (Phi) is 7.64. The Balaban J connectivity index is 2.04. The fourth-order valence-corrected chi connectivity index (χ4v) is 5.03. The van der Waals surface area contributed by atoms with Crippen LogP contribution in [0.15, 0.2) is 5.38 Å². The van der Waals surface area contributed by atoms with Crippen LogP contribution < -0.4 is 10.0 Å². The molecule has 1 aliphatic rings. The van der Waals surface area contributed by atoms with Gasteiger partial charge in [-0.2, -0.15) is 0 Å². The lowest BCUT2D eigenvalue weighted by Gasteiger charge is -2.30.